The Balaban J connectivity index is 2.73. The first kappa shape index (κ1) is 12.1. The van der Waals surface area contributed by atoms with Gasteiger partial charge in [0, 0.05) is 6.04 Å². The van der Waals surface area contributed by atoms with Crippen LogP contribution >= 0.6 is 0 Å². The summed E-state index contributed by atoms with van der Waals surface area (Å²) in [6.07, 6.45) is 0.904. The van der Waals surface area contributed by atoms with Crippen LogP contribution in [-0.4, -0.2) is 13.1 Å². The van der Waals surface area contributed by atoms with E-state index in [4.69, 9.17) is 0 Å². The molecule has 0 aliphatic carbocycles. The Morgan fingerprint density at radius 3 is 2.40 bits per heavy atom. The van der Waals surface area contributed by atoms with Crippen LogP contribution in [0.15, 0.2) is 18.2 Å². The highest BCUT2D eigenvalue weighted by molar-refractivity contribution is 5.21. The average molecular weight is 213 g/mol. The molecule has 1 aromatic carbocycles. The molecule has 3 heteroatoms. The van der Waals surface area contributed by atoms with E-state index in [0.717, 1.165) is 12.0 Å². The van der Waals surface area contributed by atoms with Crippen LogP contribution < -0.4 is 5.32 Å². The van der Waals surface area contributed by atoms with Gasteiger partial charge in [-0.05, 0) is 44.0 Å². The predicted molar refractivity (Wildman–Crippen MR) is 57.9 cm³/mol. The predicted octanol–water partition coefficient (Wildman–Crippen LogP) is 3.07. The van der Waals surface area contributed by atoms with E-state index in [2.05, 4.69) is 12.2 Å². The van der Waals surface area contributed by atoms with Gasteiger partial charge in [0.05, 0.1) is 0 Å². The molecule has 1 aromatic rings. The van der Waals surface area contributed by atoms with Gasteiger partial charge in [-0.2, -0.15) is 0 Å². The van der Waals surface area contributed by atoms with Gasteiger partial charge in [0.2, 0.25) is 0 Å². The van der Waals surface area contributed by atoms with Crippen molar-refractivity contribution in [1.29, 1.82) is 0 Å². The second kappa shape index (κ2) is 5.21. The first-order valence-electron chi connectivity index (χ1n) is 5.16. The molecule has 0 radical (unpaired) electrons. The summed E-state index contributed by atoms with van der Waals surface area (Å²) >= 11 is 0. The number of halogens is 2. The van der Waals surface area contributed by atoms with Gasteiger partial charge in [-0.25, -0.2) is 8.78 Å². The van der Waals surface area contributed by atoms with Crippen LogP contribution in [0.3, 0.4) is 0 Å². The van der Waals surface area contributed by atoms with Crippen LogP contribution in [0.1, 0.15) is 31.7 Å². The molecule has 0 aliphatic heterocycles. The Morgan fingerprint density at radius 2 is 1.87 bits per heavy atom. The molecule has 1 N–H and O–H groups in total. The molecule has 0 saturated carbocycles. The van der Waals surface area contributed by atoms with E-state index in [-0.39, 0.29) is 5.92 Å². The van der Waals surface area contributed by atoms with Crippen LogP contribution in [0, 0.1) is 11.6 Å². The third-order valence-corrected chi connectivity index (χ3v) is 2.71. The quantitative estimate of drug-likeness (QED) is 0.810. The zero-order valence-corrected chi connectivity index (χ0v) is 9.35. The summed E-state index contributed by atoms with van der Waals surface area (Å²) in [5.74, 6) is -1.33. The lowest BCUT2D eigenvalue weighted by molar-refractivity contribution is 0.494. The van der Waals surface area contributed by atoms with Gasteiger partial charge in [0.1, 0.15) is 0 Å². The smallest absolute Gasteiger partial charge is 0.159 e. The van der Waals surface area contributed by atoms with Crippen LogP contribution in [0.4, 0.5) is 8.78 Å². The fraction of sp³-hybridized carbons (Fsp3) is 0.500. The molecular weight excluding hydrogens is 196 g/mol. The van der Waals surface area contributed by atoms with E-state index in [1.807, 2.05) is 14.0 Å². The van der Waals surface area contributed by atoms with Gasteiger partial charge >= 0.3 is 0 Å². The van der Waals surface area contributed by atoms with Crippen LogP contribution in [0.2, 0.25) is 0 Å². The molecule has 0 fully saturated rings. The highest BCUT2D eigenvalue weighted by Crippen LogP contribution is 2.22. The molecule has 15 heavy (non-hydrogen) atoms. The fourth-order valence-corrected chi connectivity index (χ4v) is 1.60. The first-order valence-corrected chi connectivity index (χ1v) is 5.16. The second-order valence-electron chi connectivity index (χ2n) is 4.00. The number of benzene rings is 1. The highest BCUT2D eigenvalue weighted by atomic mass is 19.2. The third-order valence-electron chi connectivity index (χ3n) is 2.71. The topological polar surface area (TPSA) is 12.0 Å². The molecule has 2 atom stereocenters. The lowest BCUT2D eigenvalue weighted by Crippen LogP contribution is -2.22. The largest absolute Gasteiger partial charge is 0.317 e. The van der Waals surface area contributed by atoms with Gasteiger partial charge in [0.15, 0.2) is 11.6 Å². The standard InChI is InChI=1S/C12H17F2N/c1-8(6-9(2)15-3)10-4-5-11(13)12(14)7-10/h4-5,7-9,15H,6H2,1-3H3. The number of nitrogens with one attached hydrogen (secondary N) is 1. The summed E-state index contributed by atoms with van der Waals surface area (Å²) in [6, 6.07) is 4.48. The van der Waals surface area contributed by atoms with E-state index < -0.39 is 11.6 Å². The minimum absolute atomic E-state index is 0.225. The molecule has 2 unspecified atom stereocenters. The van der Waals surface area contributed by atoms with E-state index in [1.54, 1.807) is 6.07 Å². The summed E-state index contributed by atoms with van der Waals surface area (Å²) in [6.45, 7) is 4.08. The van der Waals surface area contributed by atoms with E-state index in [9.17, 15) is 8.78 Å². The van der Waals surface area contributed by atoms with Crippen molar-refractivity contribution in [2.45, 2.75) is 32.2 Å². The van der Waals surface area contributed by atoms with Gasteiger partial charge in [-0.1, -0.05) is 13.0 Å². The number of hydrogen-bond donors (Lipinski definition) is 1. The zero-order chi connectivity index (χ0) is 11.4. The summed E-state index contributed by atoms with van der Waals surface area (Å²) in [5.41, 5.74) is 0.844. The molecular formula is C12H17F2N. The van der Waals surface area contributed by atoms with Gasteiger partial charge < -0.3 is 5.32 Å². The van der Waals surface area contributed by atoms with Crippen molar-refractivity contribution in [3.63, 3.8) is 0 Å². The van der Waals surface area contributed by atoms with E-state index in [0.29, 0.717) is 6.04 Å². The van der Waals surface area contributed by atoms with Gasteiger partial charge in [0.25, 0.3) is 0 Å². The Kier molecular flexibility index (Phi) is 4.21. The van der Waals surface area contributed by atoms with Crippen LogP contribution in [0.25, 0.3) is 0 Å². The second-order valence-corrected chi connectivity index (χ2v) is 4.00. The zero-order valence-electron chi connectivity index (χ0n) is 9.35. The SMILES string of the molecule is CNC(C)CC(C)c1ccc(F)c(F)c1. The molecule has 0 bridgehead atoms. The number of rotatable bonds is 4. The minimum atomic E-state index is -0.785. The highest BCUT2D eigenvalue weighted by Gasteiger charge is 2.11. The van der Waals surface area contributed by atoms with Gasteiger partial charge in [-0.3, -0.25) is 0 Å². The maximum Gasteiger partial charge on any atom is 0.159 e. The first-order chi connectivity index (χ1) is 7.04. The Bertz CT molecular complexity index is 325. The Labute approximate surface area is 89.5 Å². The van der Waals surface area contributed by atoms with Crippen molar-refractivity contribution in [2.75, 3.05) is 7.05 Å². The summed E-state index contributed by atoms with van der Waals surface area (Å²) in [4.78, 5) is 0. The van der Waals surface area contributed by atoms with Crippen LogP contribution in [0.5, 0.6) is 0 Å². The van der Waals surface area contributed by atoms with Crippen molar-refractivity contribution in [3.05, 3.63) is 35.4 Å². The molecule has 0 heterocycles. The molecule has 1 nitrogen and oxygen atoms in total. The van der Waals surface area contributed by atoms with Crippen molar-refractivity contribution in [3.8, 4) is 0 Å². The fourth-order valence-electron chi connectivity index (χ4n) is 1.60. The molecule has 0 aliphatic rings. The lowest BCUT2D eigenvalue weighted by atomic mass is 9.94. The molecule has 0 saturated heterocycles. The molecule has 1 rings (SSSR count). The molecule has 84 valence electrons. The Morgan fingerprint density at radius 1 is 1.20 bits per heavy atom. The monoisotopic (exact) mass is 213 g/mol. The van der Waals surface area contributed by atoms with Gasteiger partial charge in [-0.15, -0.1) is 0 Å². The number of hydrogen-bond acceptors (Lipinski definition) is 1. The summed E-state index contributed by atoms with van der Waals surface area (Å²) < 4.78 is 25.7. The summed E-state index contributed by atoms with van der Waals surface area (Å²) in [7, 11) is 1.89. The Hall–Kier alpha value is -0.960. The normalized spacial score (nSPS) is 15.0. The lowest BCUT2D eigenvalue weighted by Gasteiger charge is -2.17. The van der Waals surface area contributed by atoms with Crippen LogP contribution in [-0.2, 0) is 0 Å². The van der Waals surface area contributed by atoms with Crippen molar-refractivity contribution in [2.24, 2.45) is 0 Å². The molecule has 0 aromatic heterocycles. The third kappa shape index (κ3) is 3.27. The van der Waals surface area contributed by atoms with Crippen molar-refractivity contribution in [1.82, 2.24) is 5.32 Å². The minimum Gasteiger partial charge on any atom is -0.317 e. The average Bonchev–Trinajstić information content (AvgIpc) is 2.21. The maximum atomic E-state index is 13.0. The van der Waals surface area contributed by atoms with Crippen molar-refractivity contribution < 1.29 is 8.78 Å². The maximum absolute atomic E-state index is 13.0. The summed E-state index contributed by atoms with van der Waals surface area (Å²) in [5, 5.41) is 3.12. The van der Waals surface area contributed by atoms with Crippen molar-refractivity contribution >= 4 is 0 Å². The van der Waals surface area contributed by atoms with E-state index >= 15 is 0 Å². The van der Waals surface area contributed by atoms with E-state index in [1.165, 1.54) is 12.1 Å². The molecule has 0 amide bonds. The molecule has 0 spiro atoms.